The first-order chi connectivity index (χ1) is 9.51. The SMILES string of the molecule is CCC(Cc1ccc(O)c2[nH]c(=O)ccc12)NC(C)C. The second-order valence-corrected chi connectivity index (χ2v) is 5.49. The third-order valence-electron chi connectivity index (χ3n) is 3.49. The molecule has 108 valence electrons. The lowest BCUT2D eigenvalue weighted by molar-refractivity contribution is 0.449. The Morgan fingerprint density at radius 2 is 2.00 bits per heavy atom. The summed E-state index contributed by atoms with van der Waals surface area (Å²) in [5.41, 5.74) is 1.46. The summed E-state index contributed by atoms with van der Waals surface area (Å²) in [5.74, 6) is 0.117. The fourth-order valence-corrected chi connectivity index (χ4v) is 2.53. The van der Waals surface area contributed by atoms with Crippen LogP contribution in [-0.2, 0) is 6.42 Å². The smallest absolute Gasteiger partial charge is 0.248 e. The lowest BCUT2D eigenvalue weighted by Crippen LogP contribution is -2.35. The molecule has 1 aromatic heterocycles. The molecule has 4 heteroatoms. The number of pyridine rings is 1. The van der Waals surface area contributed by atoms with Gasteiger partial charge in [0.1, 0.15) is 5.75 Å². The Morgan fingerprint density at radius 3 is 2.65 bits per heavy atom. The summed E-state index contributed by atoms with van der Waals surface area (Å²) < 4.78 is 0. The Hall–Kier alpha value is -1.81. The topological polar surface area (TPSA) is 65.1 Å². The molecule has 3 N–H and O–H groups in total. The van der Waals surface area contributed by atoms with E-state index in [4.69, 9.17) is 0 Å². The maximum Gasteiger partial charge on any atom is 0.248 e. The molecule has 1 atom stereocenters. The maximum atomic E-state index is 11.4. The molecule has 0 aliphatic carbocycles. The monoisotopic (exact) mass is 274 g/mol. The van der Waals surface area contributed by atoms with Crippen molar-refractivity contribution in [1.29, 1.82) is 0 Å². The van der Waals surface area contributed by atoms with Crippen molar-refractivity contribution >= 4 is 10.9 Å². The van der Waals surface area contributed by atoms with Gasteiger partial charge in [-0.25, -0.2) is 0 Å². The third kappa shape index (κ3) is 3.20. The van der Waals surface area contributed by atoms with Crippen molar-refractivity contribution in [3.8, 4) is 5.75 Å². The maximum absolute atomic E-state index is 11.4. The average molecular weight is 274 g/mol. The Morgan fingerprint density at radius 1 is 1.25 bits per heavy atom. The van der Waals surface area contributed by atoms with Crippen molar-refractivity contribution in [2.45, 2.75) is 45.7 Å². The van der Waals surface area contributed by atoms with Gasteiger partial charge in [-0.3, -0.25) is 4.79 Å². The molecule has 0 spiro atoms. The van der Waals surface area contributed by atoms with E-state index in [9.17, 15) is 9.90 Å². The molecule has 0 saturated heterocycles. The molecule has 20 heavy (non-hydrogen) atoms. The van der Waals surface area contributed by atoms with Gasteiger partial charge in [-0.1, -0.05) is 26.8 Å². The molecule has 0 radical (unpaired) electrons. The van der Waals surface area contributed by atoms with Crippen LogP contribution in [0.3, 0.4) is 0 Å². The Kier molecular flexibility index (Phi) is 4.45. The highest BCUT2D eigenvalue weighted by Gasteiger charge is 2.12. The molecule has 0 bridgehead atoms. The van der Waals surface area contributed by atoms with E-state index >= 15 is 0 Å². The number of benzene rings is 1. The molecule has 2 rings (SSSR count). The lowest BCUT2D eigenvalue weighted by Gasteiger charge is -2.20. The van der Waals surface area contributed by atoms with Crippen LogP contribution >= 0.6 is 0 Å². The number of rotatable bonds is 5. The standard InChI is InChI=1S/C16H22N2O2/c1-4-12(17-10(2)3)9-11-5-7-14(19)16-13(11)6-8-15(20)18-16/h5-8,10,12,17,19H,4,9H2,1-3H3,(H,18,20). The van der Waals surface area contributed by atoms with E-state index in [1.54, 1.807) is 12.1 Å². The van der Waals surface area contributed by atoms with Crippen molar-refractivity contribution in [3.05, 3.63) is 40.2 Å². The van der Waals surface area contributed by atoms with Crippen molar-refractivity contribution in [1.82, 2.24) is 10.3 Å². The Balaban J connectivity index is 2.39. The summed E-state index contributed by atoms with van der Waals surface area (Å²) >= 11 is 0. The van der Waals surface area contributed by atoms with Gasteiger partial charge in [-0.2, -0.15) is 0 Å². The molecule has 0 amide bonds. The van der Waals surface area contributed by atoms with Crippen LogP contribution in [-0.4, -0.2) is 22.2 Å². The number of fused-ring (bicyclic) bond motifs is 1. The fourth-order valence-electron chi connectivity index (χ4n) is 2.53. The number of phenolic OH excluding ortho intramolecular Hbond substituents is 1. The number of aromatic hydroxyl groups is 1. The average Bonchev–Trinajstić information content (AvgIpc) is 2.40. The number of hydrogen-bond donors (Lipinski definition) is 3. The van der Waals surface area contributed by atoms with Gasteiger partial charge in [0.25, 0.3) is 0 Å². The highest BCUT2D eigenvalue weighted by Crippen LogP contribution is 2.25. The highest BCUT2D eigenvalue weighted by molar-refractivity contribution is 5.87. The zero-order chi connectivity index (χ0) is 14.7. The predicted octanol–water partition coefficient (Wildman–Crippen LogP) is 2.55. The van der Waals surface area contributed by atoms with Gasteiger partial charge in [0.2, 0.25) is 5.56 Å². The quantitative estimate of drug-likeness (QED) is 0.785. The summed E-state index contributed by atoms with van der Waals surface area (Å²) in [6.45, 7) is 6.43. The van der Waals surface area contributed by atoms with Crippen LogP contribution in [0.1, 0.15) is 32.8 Å². The molecule has 1 aromatic carbocycles. The molecule has 0 aliphatic heterocycles. The first-order valence-electron chi connectivity index (χ1n) is 7.11. The highest BCUT2D eigenvalue weighted by atomic mass is 16.3. The number of hydrogen-bond acceptors (Lipinski definition) is 3. The zero-order valence-electron chi connectivity index (χ0n) is 12.2. The van der Waals surface area contributed by atoms with E-state index in [0.29, 0.717) is 17.6 Å². The van der Waals surface area contributed by atoms with Gasteiger partial charge in [0, 0.05) is 23.5 Å². The van der Waals surface area contributed by atoms with Crippen molar-refractivity contribution < 1.29 is 5.11 Å². The lowest BCUT2D eigenvalue weighted by atomic mass is 9.99. The molecule has 2 aromatic rings. The number of aromatic nitrogens is 1. The Labute approximate surface area is 118 Å². The van der Waals surface area contributed by atoms with Crippen molar-refractivity contribution in [2.75, 3.05) is 0 Å². The largest absolute Gasteiger partial charge is 0.506 e. The van der Waals surface area contributed by atoms with Gasteiger partial charge in [-0.15, -0.1) is 0 Å². The summed E-state index contributed by atoms with van der Waals surface area (Å²) in [5, 5.41) is 14.3. The minimum atomic E-state index is -0.197. The van der Waals surface area contributed by atoms with Crippen LogP contribution in [0.5, 0.6) is 5.75 Å². The zero-order valence-corrected chi connectivity index (χ0v) is 12.2. The molecule has 0 aliphatic rings. The van der Waals surface area contributed by atoms with E-state index in [1.165, 1.54) is 6.07 Å². The fraction of sp³-hybridized carbons (Fsp3) is 0.438. The van der Waals surface area contributed by atoms with E-state index in [1.807, 2.05) is 6.07 Å². The number of H-pyrrole nitrogens is 1. The predicted molar refractivity (Wildman–Crippen MR) is 82.3 cm³/mol. The van der Waals surface area contributed by atoms with Crippen LogP contribution in [0.25, 0.3) is 10.9 Å². The van der Waals surface area contributed by atoms with E-state index in [2.05, 4.69) is 31.1 Å². The van der Waals surface area contributed by atoms with Crippen LogP contribution in [0, 0.1) is 0 Å². The van der Waals surface area contributed by atoms with Gasteiger partial charge >= 0.3 is 0 Å². The minimum Gasteiger partial charge on any atom is -0.506 e. The molecular formula is C16H22N2O2. The normalized spacial score (nSPS) is 13.0. The molecule has 0 saturated carbocycles. The molecule has 1 unspecified atom stereocenters. The first kappa shape index (κ1) is 14.6. The van der Waals surface area contributed by atoms with Crippen LogP contribution in [0.15, 0.2) is 29.1 Å². The Bertz CT molecular complexity index is 646. The summed E-state index contributed by atoms with van der Waals surface area (Å²) in [4.78, 5) is 14.1. The summed E-state index contributed by atoms with van der Waals surface area (Å²) in [6.07, 6.45) is 1.90. The molecule has 1 heterocycles. The first-order valence-corrected chi connectivity index (χ1v) is 7.11. The molecule has 0 fully saturated rings. The van der Waals surface area contributed by atoms with Gasteiger partial charge in [-0.05, 0) is 30.5 Å². The van der Waals surface area contributed by atoms with Gasteiger partial charge < -0.3 is 15.4 Å². The second kappa shape index (κ2) is 6.09. The van der Waals surface area contributed by atoms with E-state index in [-0.39, 0.29) is 11.3 Å². The van der Waals surface area contributed by atoms with E-state index in [0.717, 1.165) is 23.8 Å². The number of phenols is 1. The van der Waals surface area contributed by atoms with Crippen molar-refractivity contribution in [3.63, 3.8) is 0 Å². The second-order valence-electron chi connectivity index (χ2n) is 5.49. The molecular weight excluding hydrogens is 252 g/mol. The third-order valence-corrected chi connectivity index (χ3v) is 3.49. The van der Waals surface area contributed by atoms with Crippen LogP contribution in [0.4, 0.5) is 0 Å². The van der Waals surface area contributed by atoms with Crippen LogP contribution in [0.2, 0.25) is 0 Å². The summed E-state index contributed by atoms with van der Waals surface area (Å²) in [7, 11) is 0. The van der Waals surface area contributed by atoms with E-state index < -0.39 is 0 Å². The molecule has 4 nitrogen and oxygen atoms in total. The van der Waals surface area contributed by atoms with Gasteiger partial charge in [0.05, 0.1) is 5.52 Å². The number of aromatic amines is 1. The summed E-state index contributed by atoms with van der Waals surface area (Å²) in [6, 6.07) is 7.68. The van der Waals surface area contributed by atoms with Crippen LogP contribution < -0.4 is 10.9 Å². The van der Waals surface area contributed by atoms with Gasteiger partial charge in [0.15, 0.2) is 0 Å². The number of nitrogens with one attached hydrogen (secondary N) is 2. The minimum absolute atomic E-state index is 0.117. The van der Waals surface area contributed by atoms with Crippen molar-refractivity contribution in [2.24, 2.45) is 0 Å².